The monoisotopic (exact) mass is 429 g/mol. The first kappa shape index (κ1) is 19.7. The Labute approximate surface area is 177 Å². The fourth-order valence-corrected chi connectivity index (χ4v) is 4.10. The van der Waals surface area contributed by atoms with Crippen molar-refractivity contribution in [2.24, 2.45) is 0 Å². The van der Waals surface area contributed by atoms with Crippen LogP contribution in [-0.2, 0) is 4.79 Å². The third-order valence-corrected chi connectivity index (χ3v) is 5.70. The summed E-state index contributed by atoms with van der Waals surface area (Å²) < 4.78 is 5.60. The number of nitrogens with one attached hydrogen (secondary N) is 1. The number of amides is 1. The summed E-state index contributed by atoms with van der Waals surface area (Å²) in [5, 5.41) is 11.9. The van der Waals surface area contributed by atoms with E-state index in [0.29, 0.717) is 16.1 Å². The largest absolute Gasteiger partial charge is 0.411 e. The molecule has 0 aliphatic carbocycles. The second-order valence-corrected chi connectivity index (χ2v) is 7.97. The maximum atomic E-state index is 12.5. The van der Waals surface area contributed by atoms with Gasteiger partial charge in [0, 0.05) is 25.5 Å². The third-order valence-electron chi connectivity index (χ3n) is 4.57. The molecule has 150 valence electrons. The summed E-state index contributed by atoms with van der Waals surface area (Å²) in [6.45, 7) is 1.89. The maximum absolute atomic E-state index is 12.5. The quantitative estimate of drug-likeness (QED) is 0.577. The lowest BCUT2D eigenvalue weighted by molar-refractivity contribution is -0.113. The van der Waals surface area contributed by atoms with Crippen molar-refractivity contribution in [2.45, 2.75) is 24.5 Å². The van der Waals surface area contributed by atoms with Crippen LogP contribution in [0.5, 0.6) is 0 Å². The molecule has 0 unspecified atom stereocenters. The van der Waals surface area contributed by atoms with Gasteiger partial charge in [-0.15, -0.1) is 10.2 Å². The minimum atomic E-state index is -0.156. The standard InChI is InChI=1S/C20H20ClN5O2S/c21-15-7-4-8-16(18(15)26-10-2-1-3-11-26)23-17(27)13-29-20-25-24-19(28-20)14-6-5-9-22-12-14/h4-9,12H,1-3,10-11,13H2,(H,23,27). The van der Waals surface area contributed by atoms with Gasteiger partial charge in [-0.1, -0.05) is 29.4 Å². The minimum Gasteiger partial charge on any atom is -0.411 e. The van der Waals surface area contributed by atoms with E-state index in [2.05, 4.69) is 25.4 Å². The number of anilines is 2. The molecule has 1 aliphatic rings. The molecule has 0 spiro atoms. The van der Waals surface area contributed by atoms with E-state index in [1.54, 1.807) is 18.5 Å². The Bertz CT molecular complexity index is 976. The Kier molecular flexibility index (Phi) is 6.31. The molecule has 1 aromatic carbocycles. The van der Waals surface area contributed by atoms with Gasteiger partial charge in [-0.2, -0.15) is 0 Å². The molecule has 7 nitrogen and oxygen atoms in total. The number of rotatable bonds is 6. The molecule has 4 rings (SSSR count). The lowest BCUT2D eigenvalue weighted by Crippen LogP contribution is -2.30. The number of nitrogens with zero attached hydrogens (tertiary/aromatic N) is 4. The third kappa shape index (κ3) is 4.89. The highest BCUT2D eigenvalue weighted by Gasteiger charge is 2.19. The molecule has 0 radical (unpaired) electrons. The number of halogens is 1. The Morgan fingerprint density at radius 1 is 1.17 bits per heavy atom. The maximum Gasteiger partial charge on any atom is 0.277 e. The van der Waals surface area contributed by atoms with E-state index >= 15 is 0 Å². The summed E-state index contributed by atoms with van der Waals surface area (Å²) in [4.78, 5) is 18.8. The summed E-state index contributed by atoms with van der Waals surface area (Å²) in [5.74, 6) is 0.376. The average molecular weight is 430 g/mol. The van der Waals surface area contributed by atoms with Crippen LogP contribution in [0.2, 0.25) is 5.02 Å². The van der Waals surface area contributed by atoms with Crippen LogP contribution in [0.3, 0.4) is 0 Å². The van der Waals surface area contributed by atoms with Crippen molar-refractivity contribution >= 4 is 40.6 Å². The first-order valence-electron chi connectivity index (χ1n) is 9.41. The molecular formula is C20H20ClN5O2S. The van der Waals surface area contributed by atoms with Crippen molar-refractivity contribution in [1.82, 2.24) is 15.2 Å². The number of thioether (sulfide) groups is 1. The Morgan fingerprint density at radius 3 is 2.83 bits per heavy atom. The van der Waals surface area contributed by atoms with E-state index in [4.69, 9.17) is 16.0 Å². The molecule has 1 fully saturated rings. The number of carbonyl (C=O) groups excluding carboxylic acids is 1. The van der Waals surface area contributed by atoms with Crippen molar-refractivity contribution in [3.05, 3.63) is 47.7 Å². The first-order valence-corrected chi connectivity index (χ1v) is 10.8. The normalized spacial score (nSPS) is 14.0. The van der Waals surface area contributed by atoms with E-state index in [1.165, 1.54) is 18.2 Å². The van der Waals surface area contributed by atoms with Crippen LogP contribution in [0, 0.1) is 0 Å². The second-order valence-electron chi connectivity index (χ2n) is 6.64. The van der Waals surface area contributed by atoms with Gasteiger partial charge in [-0.3, -0.25) is 9.78 Å². The number of hydrogen-bond donors (Lipinski definition) is 1. The zero-order chi connectivity index (χ0) is 20.1. The molecule has 1 amide bonds. The van der Waals surface area contributed by atoms with Crippen molar-refractivity contribution in [3.8, 4) is 11.5 Å². The molecule has 1 aliphatic heterocycles. The molecule has 2 aromatic heterocycles. The van der Waals surface area contributed by atoms with Gasteiger partial charge in [-0.25, -0.2) is 0 Å². The van der Waals surface area contributed by atoms with Gasteiger partial charge < -0.3 is 14.6 Å². The van der Waals surface area contributed by atoms with Crippen molar-refractivity contribution in [1.29, 1.82) is 0 Å². The second kappa shape index (κ2) is 9.28. The van der Waals surface area contributed by atoms with Gasteiger partial charge in [0.2, 0.25) is 11.8 Å². The van der Waals surface area contributed by atoms with E-state index in [9.17, 15) is 4.79 Å². The summed E-state index contributed by atoms with van der Waals surface area (Å²) in [6.07, 6.45) is 6.81. The molecule has 3 aromatic rings. The topological polar surface area (TPSA) is 84.1 Å². The molecule has 0 bridgehead atoms. The fraction of sp³-hybridized carbons (Fsp3) is 0.300. The zero-order valence-corrected chi connectivity index (χ0v) is 17.2. The Morgan fingerprint density at radius 2 is 2.03 bits per heavy atom. The van der Waals surface area contributed by atoms with Crippen LogP contribution in [0.4, 0.5) is 11.4 Å². The van der Waals surface area contributed by atoms with E-state index in [-0.39, 0.29) is 11.7 Å². The Hall–Kier alpha value is -2.58. The number of hydrogen-bond acceptors (Lipinski definition) is 7. The number of carbonyl (C=O) groups is 1. The van der Waals surface area contributed by atoms with Gasteiger partial charge in [0.05, 0.1) is 27.7 Å². The van der Waals surface area contributed by atoms with Gasteiger partial charge in [-0.05, 0) is 43.5 Å². The van der Waals surface area contributed by atoms with E-state index in [0.717, 1.165) is 42.9 Å². The number of piperidine rings is 1. The summed E-state index contributed by atoms with van der Waals surface area (Å²) in [7, 11) is 0. The lowest BCUT2D eigenvalue weighted by Gasteiger charge is -2.31. The highest BCUT2D eigenvalue weighted by molar-refractivity contribution is 7.99. The Balaban J connectivity index is 1.39. The fourth-order valence-electron chi connectivity index (χ4n) is 3.24. The smallest absolute Gasteiger partial charge is 0.277 e. The zero-order valence-electron chi connectivity index (χ0n) is 15.7. The molecule has 0 atom stereocenters. The predicted octanol–water partition coefficient (Wildman–Crippen LogP) is 4.51. The summed E-state index contributed by atoms with van der Waals surface area (Å²) >= 11 is 7.63. The number of para-hydroxylation sites is 1. The molecular weight excluding hydrogens is 410 g/mol. The number of benzene rings is 1. The van der Waals surface area contributed by atoms with Gasteiger partial charge >= 0.3 is 0 Å². The summed E-state index contributed by atoms with van der Waals surface area (Å²) in [5.41, 5.74) is 2.36. The molecule has 1 N–H and O–H groups in total. The SMILES string of the molecule is O=C(CSc1nnc(-c2cccnc2)o1)Nc1cccc(Cl)c1N1CCCCC1. The first-order chi connectivity index (χ1) is 14.2. The predicted molar refractivity (Wildman–Crippen MR) is 114 cm³/mol. The van der Waals surface area contributed by atoms with Gasteiger partial charge in [0.15, 0.2) is 0 Å². The average Bonchev–Trinajstić information content (AvgIpc) is 3.23. The van der Waals surface area contributed by atoms with Crippen LogP contribution < -0.4 is 10.2 Å². The van der Waals surface area contributed by atoms with Gasteiger partial charge in [0.1, 0.15) is 0 Å². The molecule has 3 heterocycles. The highest BCUT2D eigenvalue weighted by Crippen LogP contribution is 2.35. The molecule has 0 saturated carbocycles. The van der Waals surface area contributed by atoms with Crippen LogP contribution in [-0.4, -0.2) is 39.9 Å². The van der Waals surface area contributed by atoms with E-state index < -0.39 is 0 Å². The summed E-state index contributed by atoms with van der Waals surface area (Å²) in [6, 6.07) is 9.21. The minimum absolute atomic E-state index is 0.153. The van der Waals surface area contributed by atoms with Crippen LogP contribution >= 0.6 is 23.4 Å². The van der Waals surface area contributed by atoms with Gasteiger partial charge in [0.25, 0.3) is 5.22 Å². The molecule has 29 heavy (non-hydrogen) atoms. The molecule has 9 heteroatoms. The molecule has 1 saturated heterocycles. The van der Waals surface area contributed by atoms with Crippen LogP contribution in [0.1, 0.15) is 19.3 Å². The number of aromatic nitrogens is 3. The lowest BCUT2D eigenvalue weighted by atomic mass is 10.1. The van der Waals surface area contributed by atoms with Crippen molar-refractivity contribution < 1.29 is 9.21 Å². The number of pyridine rings is 1. The van der Waals surface area contributed by atoms with Crippen LogP contribution in [0.15, 0.2) is 52.4 Å². The van der Waals surface area contributed by atoms with Crippen LogP contribution in [0.25, 0.3) is 11.5 Å². The van der Waals surface area contributed by atoms with E-state index in [1.807, 2.05) is 24.3 Å². The van der Waals surface area contributed by atoms with Crippen molar-refractivity contribution in [2.75, 3.05) is 29.1 Å². The highest BCUT2D eigenvalue weighted by atomic mass is 35.5. The van der Waals surface area contributed by atoms with Crippen molar-refractivity contribution in [3.63, 3.8) is 0 Å².